The van der Waals surface area contributed by atoms with Crippen molar-refractivity contribution < 1.29 is 9.32 Å². The van der Waals surface area contributed by atoms with Crippen molar-refractivity contribution in [1.29, 1.82) is 0 Å². The zero-order valence-electron chi connectivity index (χ0n) is 20.2. The SMILES string of the molecule is CCc1ccc(C2NC(=O)N(c3ccc(CC)cc3)C(C)=C2c2nc(-c3ccccc3)no2)cc1. The Hall–Kier alpha value is -4.19. The predicted octanol–water partition coefficient (Wildman–Crippen LogP) is 6.56. The summed E-state index contributed by atoms with van der Waals surface area (Å²) in [5.41, 5.74) is 6.61. The quantitative estimate of drug-likeness (QED) is 0.351. The summed E-state index contributed by atoms with van der Waals surface area (Å²) in [6, 6.07) is 25.4. The molecule has 2 amide bonds. The van der Waals surface area contributed by atoms with Gasteiger partial charge in [0, 0.05) is 11.3 Å². The third-order valence-electron chi connectivity index (χ3n) is 6.50. The lowest BCUT2D eigenvalue weighted by molar-refractivity contribution is 0.244. The lowest BCUT2D eigenvalue weighted by Crippen LogP contribution is -2.46. The number of carbonyl (C=O) groups excluding carboxylic acids is 1. The van der Waals surface area contributed by atoms with Crippen LogP contribution in [0.1, 0.15) is 49.4 Å². The summed E-state index contributed by atoms with van der Waals surface area (Å²) < 4.78 is 5.78. The smallest absolute Gasteiger partial charge is 0.326 e. The number of anilines is 1. The molecule has 1 unspecified atom stereocenters. The molecular weight excluding hydrogens is 436 g/mol. The minimum atomic E-state index is -0.413. The number of aromatic nitrogens is 2. The number of allylic oxidation sites excluding steroid dienone is 1. The molecule has 1 aliphatic heterocycles. The van der Waals surface area contributed by atoms with Gasteiger partial charge in [-0.15, -0.1) is 0 Å². The van der Waals surface area contributed by atoms with Crippen molar-refractivity contribution >= 4 is 17.3 Å². The average Bonchev–Trinajstić information content (AvgIpc) is 3.39. The van der Waals surface area contributed by atoms with Crippen molar-refractivity contribution in [3.05, 3.63) is 107 Å². The number of hydrogen-bond donors (Lipinski definition) is 1. The minimum Gasteiger partial charge on any atom is -0.334 e. The highest BCUT2D eigenvalue weighted by molar-refractivity contribution is 6.01. The van der Waals surface area contributed by atoms with Gasteiger partial charge in [0.25, 0.3) is 5.89 Å². The molecule has 0 saturated heterocycles. The number of aryl methyl sites for hydroxylation is 2. The Bertz CT molecular complexity index is 1360. The molecule has 176 valence electrons. The molecule has 1 aromatic heterocycles. The van der Waals surface area contributed by atoms with E-state index < -0.39 is 6.04 Å². The number of benzene rings is 3. The van der Waals surface area contributed by atoms with Crippen LogP contribution in [0.3, 0.4) is 0 Å². The Morgan fingerprint density at radius 3 is 2.14 bits per heavy atom. The summed E-state index contributed by atoms with van der Waals surface area (Å²) in [6.45, 7) is 6.17. The fourth-order valence-electron chi connectivity index (χ4n) is 4.44. The van der Waals surface area contributed by atoms with E-state index in [0.717, 1.165) is 40.9 Å². The van der Waals surface area contributed by atoms with Crippen LogP contribution in [0.4, 0.5) is 10.5 Å². The topological polar surface area (TPSA) is 71.3 Å². The maximum absolute atomic E-state index is 13.4. The van der Waals surface area contributed by atoms with E-state index in [0.29, 0.717) is 11.7 Å². The largest absolute Gasteiger partial charge is 0.334 e. The maximum atomic E-state index is 13.4. The van der Waals surface area contributed by atoms with Gasteiger partial charge in [0.2, 0.25) is 5.82 Å². The Kier molecular flexibility index (Phi) is 6.19. The van der Waals surface area contributed by atoms with E-state index in [9.17, 15) is 4.79 Å². The first-order valence-corrected chi connectivity index (χ1v) is 12.0. The number of rotatable bonds is 6. The van der Waals surface area contributed by atoms with Gasteiger partial charge in [0.15, 0.2) is 0 Å². The lowest BCUT2D eigenvalue weighted by Gasteiger charge is -2.35. The summed E-state index contributed by atoms with van der Waals surface area (Å²) in [6.07, 6.45) is 1.89. The van der Waals surface area contributed by atoms with Crippen LogP contribution in [0.25, 0.3) is 17.0 Å². The molecule has 3 aromatic carbocycles. The molecule has 6 nitrogen and oxygen atoms in total. The monoisotopic (exact) mass is 464 g/mol. The molecule has 0 aliphatic carbocycles. The fraction of sp³-hybridized carbons (Fsp3) is 0.207. The number of amides is 2. The van der Waals surface area contributed by atoms with Crippen LogP contribution in [0.2, 0.25) is 0 Å². The predicted molar refractivity (Wildman–Crippen MR) is 138 cm³/mol. The highest BCUT2D eigenvalue weighted by atomic mass is 16.5. The highest BCUT2D eigenvalue weighted by Crippen LogP contribution is 2.39. The molecule has 0 fully saturated rings. The molecule has 0 bridgehead atoms. The van der Waals surface area contributed by atoms with Crippen molar-refractivity contribution in [2.75, 3.05) is 4.90 Å². The van der Waals surface area contributed by atoms with E-state index >= 15 is 0 Å². The van der Waals surface area contributed by atoms with Gasteiger partial charge in [-0.2, -0.15) is 4.98 Å². The molecule has 1 atom stereocenters. The number of hydrogen-bond acceptors (Lipinski definition) is 4. The van der Waals surface area contributed by atoms with Crippen molar-refractivity contribution in [2.45, 2.75) is 39.7 Å². The summed E-state index contributed by atoms with van der Waals surface area (Å²) >= 11 is 0. The molecule has 2 heterocycles. The van der Waals surface area contributed by atoms with Crippen LogP contribution in [-0.4, -0.2) is 16.2 Å². The van der Waals surface area contributed by atoms with Gasteiger partial charge in [-0.05, 0) is 48.6 Å². The second kappa shape index (κ2) is 9.58. The lowest BCUT2D eigenvalue weighted by atomic mass is 9.93. The van der Waals surface area contributed by atoms with E-state index in [1.165, 1.54) is 11.1 Å². The summed E-state index contributed by atoms with van der Waals surface area (Å²) in [4.78, 5) is 19.8. The summed E-state index contributed by atoms with van der Waals surface area (Å²) in [7, 11) is 0. The Morgan fingerprint density at radius 1 is 0.886 bits per heavy atom. The van der Waals surface area contributed by atoms with E-state index in [2.05, 4.69) is 48.6 Å². The summed E-state index contributed by atoms with van der Waals surface area (Å²) in [5.74, 6) is 0.901. The molecule has 1 aliphatic rings. The van der Waals surface area contributed by atoms with Crippen LogP contribution in [0, 0.1) is 0 Å². The zero-order valence-corrected chi connectivity index (χ0v) is 20.2. The van der Waals surface area contributed by atoms with Gasteiger partial charge in [-0.1, -0.05) is 85.7 Å². The molecule has 35 heavy (non-hydrogen) atoms. The van der Waals surface area contributed by atoms with E-state index in [1.54, 1.807) is 4.90 Å². The minimum absolute atomic E-state index is 0.192. The second-order valence-electron chi connectivity index (χ2n) is 8.62. The van der Waals surface area contributed by atoms with E-state index in [1.807, 2.05) is 61.5 Å². The third-order valence-corrected chi connectivity index (χ3v) is 6.50. The molecular formula is C29H28N4O2. The van der Waals surface area contributed by atoms with Crippen LogP contribution < -0.4 is 10.2 Å². The first-order valence-electron chi connectivity index (χ1n) is 12.0. The number of carbonyl (C=O) groups is 1. The standard InChI is InChI=1S/C29H28N4O2/c1-4-20-11-15-22(16-12-20)26-25(28-31-27(32-35-28)23-9-7-6-8-10-23)19(3)33(29(34)30-26)24-17-13-21(5-2)14-18-24/h6-18,26H,4-5H2,1-3H3,(H,30,34). The normalized spacial score (nSPS) is 15.9. The molecule has 0 spiro atoms. The highest BCUT2D eigenvalue weighted by Gasteiger charge is 2.36. The maximum Gasteiger partial charge on any atom is 0.326 e. The number of urea groups is 1. The van der Waals surface area contributed by atoms with Crippen molar-refractivity contribution in [2.24, 2.45) is 0 Å². The van der Waals surface area contributed by atoms with Crippen LogP contribution in [0.5, 0.6) is 0 Å². The van der Waals surface area contributed by atoms with Crippen molar-refractivity contribution in [1.82, 2.24) is 15.5 Å². The summed E-state index contributed by atoms with van der Waals surface area (Å²) in [5, 5.41) is 7.42. The fourth-order valence-corrected chi connectivity index (χ4v) is 4.44. The van der Waals surface area contributed by atoms with E-state index in [-0.39, 0.29) is 6.03 Å². The Labute approximate surface area is 205 Å². The van der Waals surface area contributed by atoms with Gasteiger partial charge < -0.3 is 9.84 Å². The van der Waals surface area contributed by atoms with Gasteiger partial charge in [0.1, 0.15) is 0 Å². The number of nitrogens with one attached hydrogen (secondary N) is 1. The average molecular weight is 465 g/mol. The molecule has 6 heteroatoms. The molecule has 0 saturated carbocycles. The zero-order chi connectivity index (χ0) is 24.4. The number of nitrogens with zero attached hydrogens (tertiary/aromatic N) is 3. The van der Waals surface area contributed by atoms with Gasteiger partial charge in [0.05, 0.1) is 17.3 Å². The Morgan fingerprint density at radius 2 is 1.51 bits per heavy atom. The Balaban J connectivity index is 1.63. The molecule has 1 N–H and O–H groups in total. The van der Waals surface area contributed by atoms with Crippen LogP contribution in [-0.2, 0) is 12.8 Å². The van der Waals surface area contributed by atoms with Crippen molar-refractivity contribution in [3.8, 4) is 11.4 Å². The van der Waals surface area contributed by atoms with Gasteiger partial charge >= 0.3 is 6.03 Å². The molecule has 5 rings (SSSR count). The third kappa shape index (κ3) is 4.35. The first-order chi connectivity index (χ1) is 17.1. The first kappa shape index (κ1) is 22.6. The van der Waals surface area contributed by atoms with E-state index in [4.69, 9.17) is 9.51 Å². The van der Waals surface area contributed by atoms with Crippen LogP contribution in [0.15, 0.2) is 89.1 Å². The van der Waals surface area contributed by atoms with Crippen LogP contribution >= 0.6 is 0 Å². The molecule has 0 radical (unpaired) electrons. The molecule has 4 aromatic rings. The van der Waals surface area contributed by atoms with Gasteiger partial charge in [-0.25, -0.2) is 4.79 Å². The second-order valence-corrected chi connectivity index (χ2v) is 8.62. The van der Waals surface area contributed by atoms with Crippen molar-refractivity contribution in [3.63, 3.8) is 0 Å². The van der Waals surface area contributed by atoms with Gasteiger partial charge in [-0.3, -0.25) is 4.90 Å².